The fourth-order valence-corrected chi connectivity index (χ4v) is 8.62. The van der Waals surface area contributed by atoms with Crippen LogP contribution in [0.3, 0.4) is 0 Å². The molecule has 0 aliphatic heterocycles. The second kappa shape index (κ2) is 7.02. The Bertz CT molecular complexity index is 718. The Morgan fingerprint density at radius 2 is 1.83 bits per heavy atom. The molecule has 3 fully saturated rings. The molecule has 11 atom stereocenters. The normalized spacial score (nSPS) is 51.5. The zero-order chi connectivity index (χ0) is 22.3. The Hall–Kier alpha value is -0.460. The average Bonchev–Trinajstić information content (AvgIpc) is 3.24. The lowest BCUT2D eigenvalue weighted by Crippen LogP contribution is -2.53. The van der Waals surface area contributed by atoms with Gasteiger partial charge in [-0.25, -0.2) is 0 Å². The highest BCUT2D eigenvalue weighted by Crippen LogP contribution is 2.74. The Labute approximate surface area is 181 Å². The third-order valence-corrected chi connectivity index (χ3v) is 10.2. The molecule has 1 spiro atoms. The second-order valence-electron chi connectivity index (χ2n) is 12.1. The summed E-state index contributed by atoms with van der Waals surface area (Å²) in [6.07, 6.45) is 5.28. The minimum Gasteiger partial charge on any atom is -0.393 e. The lowest BCUT2D eigenvalue weighted by molar-refractivity contribution is -0.147. The first-order valence-corrected chi connectivity index (χ1v) is 11.9. The van der Waals surface area contributed by atoms with Crippen LogP contribution in [0.4, 0.5) is 0 Å². The van der Waals surface area contributed by atoms with Gasteiger partial charge in [0.2, 0.25) is 0 Å². The Morgan fingerprint density at radius 3 is 2.47 bits per heavy atom. The van der Waals surface area contributed by atoms with Crippen molar-refractivity contribution in [3.63, 3.8) is 0 Å². The minimum atomic E-state index is -1.72. The molecule has 4 rings (SSSR count). The van der Waals surface area contributed by atoms with E-state index < -0.39 is 24.4 Å². The van der Waals surface area contributed by atoms with Crippen LogP contribution in [0, 0.1) is 39.9 Å². The topological polar surface area (TPSA) is 101 Å². The molecule has 0 unspecified atom stereocenters. The van der Waals surface area contributed by atoms with E-state index in [1.165, 1.54) is 13.3 Å². The maximum Gasteiger partial charge on any atom is 0.113 e. The van der Waals surface area contributed by atoms with Gasteiger partial charge >= 0.3 is 0 Å². The molecule has 30 heavy (non-hydrogen) atoms. The van der Waals surface area contributed by atoms with Crippen molar-refractivity contribution in [2.75, 3.05) is 6.61 Å². The van der Waals surface area contributed by atoms with Gasteiger partial charge in [-0.2, -0.15) is 0 Å². The van der Waals surface area contributed by atoms with Crippen LogP contribution in [0.15, 0.2) is 11.6 Å². The van der Waals surface area contributed by atoms with E-state index >= 15 is 0 Å². The van der Waals surface area contributed by atoms with E-state index in [1.807, 2.05) is 0 Å². The quantitative estimate of drug-likeness (QED) is 0.439. The van der Waals surface area contributed by atoms with E-state index in [0.717, 1.165) is 25.7 Å². The molecule has 0 saturated heterocycles. The van der Waals surface area contributed by atoms with Crippen molar-refractivity contribution in [2.45, 2.75) is 97.1 Å². The largest absolute Gasteiger partial charge is 0.393 e. The number of rotatable bonds is 5. The molecule has 4 aliphatic carbocycles. The first kappa shape index (κ1) is 22.7. The molecular weight excluding hydrogens is 380 g/mol. The summed E-state index contributed by atoms with van der Waals surface area (Å²) in [6, 6.07) is 0. The van der Waals surface area contributed by atoms with Crippen molar-refractivity contribution in [3.05, 3.63) is 11.6 Å². The number of allylic oxidation sites excluding steroid dienone is 2. The van der Waals surface area contributed by atoms with Crippen LogP contribution < -0.4 is 0 Å². The van der Waals surface area contributed by atoms with Gasteiger partial charge in [0.05, 0.1) is 18.8 Å². The first-order valence-electron chi connectivity index (χ1n) is 11.9. The van der Waals surface area contributed by atoms with Gasteiger partial charge in [0.1, 0.15) is 11.7 Å². The standard InChI is InChI=1S/C25H42O5/c1-14-6-7-25-15(2)18(27)10-16(25)20-22(3,11-17(14)25)8-9-23(20,4)12-19(28)21(29)24(5,30)13-26/h11,14-16,18-21,26-30H,6-10,12-13H2,1-5H3/t14-,15-,16-,18+,19-,20-,21-,22+,23+,24-,25-/m0/s1. The number of aliphatic hydroxyl groups excluding tert-OH is 4. The highest BCUT2D eigenvalue weighted by Gasteiger charge is 2.68. The van der Waals surface area contributed by atoms with Crippen LogP contribution in [0.25, 0.3) is 0 Å². The molecule has 3 saturated carbocycles. The molecule has 0 bridgehead atoms. The van der Waals surface area contributed by atoms with E-state index in [9.17, 15) is 25.5 Å². The fraction of sp³-hybridized carbons (Fsp3) is 0.920. The summed E-state index contributed by atoms with van der Waals surface area (Å²) >= 11 is 0. The number of hydrogen-bond acceptors (Lipinski definition) is 5. The third-order valence-electron chi connectivity index (χ3n) is 10.2. The van der Waals surface area contributed by atoms with Crippen molar-refractivity contribution in [1.82, 2.24) is 0 Å². The van der Waals surface area contributed by atoms with Gasteiger partial charge in [0, 0.05) is 0 Å². The van der Waals surface area contributed by atoms with Crippen molar-refractivity contribution in [3.8, 4) is 0 Å². The lowest BCUT2D eigenvalue weighted by atomic mass is 9.50. The third kappa shape index (κ3) is 2.92. The summed E-state index contributed by atoms with van der Waals surface area (Å²) in [5.41, 5.74) is -0.254. The van der Waals surface area contributed by atoms with Gasteiger partial charge in [-0.1, -0.05) is 39.3 Å². The van der Waals surface area contributed by atoms with Gasteiger partial charge in [-0.3, -0.25) is 0 Å². The highest BCUT2D eigenvalue weighted by molar-refractivity contribution is 5.36. The summed E-state index contributed by atoms with van der Waals surface area (Å²) in [6.45, 7) is 9.91. The highest BCUT2D eigenvalue weighted by atomic mass is 16.4. The molecule has 4 aliphatic rings. The molecule has 0 aromatic rings. The predicted octanol–water partition coefficient (Wildman–Crippen LogP) is 2.64. The van der Waals surface area contributed by atoms with Crippen molar-refractivity contribution in [1.29, 1.82) is 0 Å². The molecule has 5 nitrogen and oxygen atoms in total. The molecule has 0 heterocycles. The molecule has 0 aromatic heterocycles. The second-order valence-corrected chi connectivity index (χ2v) is 12.1. The van der Waals surface area contributed by atoms with E-state index in [4.69, 9.17) is 0 Å². The minimum absolute atomic E-state index is 0.0325. The molecule has 0 radical (unpaired) electrons. The summed E-state index contributed by atoms with van der Waals surface area (Å²) in [5, 5.41) is 52.0. The van der Waals surface area contributed by atoms with Crippen LogP contribution in [0.1, 0.15) is 73.1 Å². The molecule has 0 aromatic carbocycles. The first-order chi connectivity index (χ1) is 13.8. The monoisotopic (exact) mass is 422 g/mol. The number of hydrogen-bond donors (Lipinski definition) is 5. The van der Waals surface area contributed by atoms with Crippen molar-refractivity contribution >= 4 is 0 Å². The van der Waals surface area contributed by atoms with Gasteiger partial charge in [-0.05, 0) is 85.4 Å². The average molecular weight is 423 g/mol. The Kier molecular flexibility index (Phi) is 5.32. The van der Waals surface area contributed by atoms with Crippen LogP contribution in [-0.2, 0) is 0 Å². The van der Waals surface area contributed by atoms with Crippen LogP contribution in [0.5, 0.6) is 0 Å². The maximum atomic E-state index is 11.0. The Balaban J connectivity index is 1.71. The van der Waals surface area contributed by atoms with E-state index in [0.29, 0.717) is 24.2 Å². The predicted molar refractivity (Wildman–Crippen MR) is 115 cm³/mol. The van der Waals surface area contributed by atoms with Gasteiger partial charge in [0.15, 0.2) is 0 Å². The van der Waals surface area contributed by atoms with Crippen molar-refractivity contribution < 1.29 is 25.5 Å². The van der Waals surface area contributed by atoms with Gasteiger partial charge < -0.3 is 25.5 Å². The van der Waals surface area contributed by atoms with E-state index in [-0.39, 0.29) is 28.3 Å². The fourth-order valence-electron chi connectivity index (χ4n) is 8.62. The number of fused-ring (bicyclic) bond motifs is 2. The summed E-state index contributed by atoms with van der Waals surface area (Å²) in [5.74, 6) is 1.52. The smallest absolute Gasteiger partial charge is 0.113 e. The molecular formula is C25H42O5. The van der Waals surface area contributed by atoms with Gasteiger partial charge in [-0.15, -0.1) is 0 Å². The zero-order valence-electron chi connectivity index (χ0n) is 19.3. The molecule has 0 amide bonds. The summed E-state index contributed by atoms with van der Waals surface area (Å²) in [7, 11) is 0. The van der Waals surface area contributed by atoms with Gasteiger partial charge in [0.25, 0.3) is 0 Å². The van der Waals surface area contributed by atoms with E-state index in [1.54, 1.807) is 5.57 Å². The maximum absolute atomic E-state index is 11.0. The summed E-state index contributed by atoms with van der Waals surface area (Å²) < 4.78 is 0. The van der Waals surface area contributed by atoms with Crippen LogP contribution in [-0.4, -0.2) is 56.1 Å². The van der Waals surface area contributed by atoms with Crippen LogP contribution >= 0.6 is 0 Å². The van der Waals surface area contributed by atoms with E-state index in [2.05, 4.69) is 33.8 Å². The summed E-state index contributed by atoms with van der Waals surface area (Å²) in [4.78, 5) is 0. The molecule has 5 heteroatoms. The Morgan fingerprint density at radius 1 is 1.17 bits per heavy atom. The van der Waals surface area contributed by atoms with Crippen molar-refractivity contribution in [2.24, 2.45) is 39.9 Å². The molecule has 5 N–H and O–H groups in total. The molecule has 172 valence electrons. The lowest BCUT2D eigenvalue weighted by Gasteiger charge is -2.54. The van der Waals surface area contributed by atoms with Crippen LogP contribution in [0.2, 0.25) is 0 Å². The zero-order valence-corrected chi connectivity index (χ0v) is 19.3. The SMILES string of the molecule is C[C@H]1CC[C@@]23C1=C[C@@]1(C)CC[C@](C)(C[C@H](O)[C@H](O)[C@@](C)(O)CO)[C@H]1[C@@H]2C[C@@H](O)[C@@H]3C. The number of aliphatic hydroxyl groups is 5.